The normalized spacial score (nSPS) is 12.5. The maximum absolute atomic E-state index is 13.0. The van der Waals surface area contributed by atoms with Crippen LogP contribution in [0.3, 0.4) is 0 Å². The number of esters is 3. The third kappa shape index (κ3) is 69.5. The monoisotopic (exact) mass is 1160 g/mol. The molecule has 0 aliphatic rings. The average molecular weight is 1160 g/mol. The molecular weight excluding hydrogens is 1020 g/mol. The van der Waals surface area contributed by atoms with Crippen LogP contribution in [0.2, 0.25) is 0 Å². The van der Waals surface area contributed by atoms with Crippen LogP contribution < -0.4 is 0 Å². The zero-order valence-electron chi connectivity index (χ0n) is 55.5. The van der Waals surface area contributed by atoms with E-state index in [2.05, 4.69) is 93.7 Å². The topological polar surface area (TPSA) is 78.9 Å². The van der Waals surface area contributed by atoms with Crippen LogP contribution in [0.25, 0.3) is 0 Å². The van der Waals surface area contributed by atoms with Crippen molar-refractivity contribution < 1.29 is 28.6 Å². The predicted octanol–water partition coefficient (Wildman–Crippen LogP) is 25.2. The summed E-state index contributed by atoms with van der Waals surface area (Å²) in [5.41, 5.74) is 0. The summed E-state index contributed by atoms with van der Waals surface area (Å²) in [5, 5.41) is 0. The van der Waals surface area contributed by atoms with E-state index in [0.29, 0.717) is 19.3 Å². The van der Waals surface area contributed by atoms with Gasteiger partial charge in [0.2, 0.25) is 0 Å². The van der Waals surface area contributed by atoms with Crippen LogP contribution in [0, 0.1) is 0 Å². The predicted molar refractivity (Wildman–Crippen MR) is 362 cm³/mol. The summed E-state index contributed by atoms with van der Waals surface area (Å²) in [7, 11) is 0. The molecule has 0 radical (unpaired) electrons. The van der Waals surface area contributed by atoms with Gasteiger partial charge in [0.25, 0.3) is 0 Å². The van der Waals surface area contributed by atoms with Gasteiger partial charge in [-0.2, -0.15) is 0 Å². The highest BCUT2D eigenvalue weighted by Crippen LogP contribution is 2.18. The minimum absolute atomic E-state index is 0.0780. The van der Waals surface area contributed by atoms with Crippen LogP contribution in [0.5, 0.6) is 0 Å². The van der Waals surface area contributed by atoms with E-state index < -0.39 is 6.10 Å². The van der Waals surface area contributed by atoms with Crippen LogP contribution in [-0.4, -0.2) is 37.2 Å². The Kier molecular flexibility index (Phi) is 68.6. The SMILES string of the molecule is CCCCCC/C=C\CCCCCCCC(=O)OCC(COC(=O)CCCCCCCCCCCCCCCCCCC/C=C\C/C=C\CCCCCCC)OC(=O)CCCCCCCCCC/C=C\C/C=C\C/C=C\CCCCCCC. The molecule has 0 rings (SSSR count). The molecule has 0 heterocycles. The molecule has 0 aromatic heterocycles. The molecule has 0 saturated heterocycles. The van der Waals surface area contributed by atoms with Crippen molar-refractivity contribution in [3.63, 3.8) is 0 Å². The number of allylic oxidation sites excluding steroid dienone is 12. The van der Waals surface area contributed by atoms with Gasteiger partial charge in [0, 0.05) is 19.3 Å². The number of hydrogen-bond acceptors (Lipinski definition) is 6. The first-order valence-corrected chi connectivity index (χ1v) is 36.4. The lowest BCUT2D eigenvalue weighted by atomic mass is 10.0. The van der Waals surface area contributed by atoms with E-state index in [0.717, 1.165) is 89.9 Å². The third-order valence-corrected chi connectivity index (χ3v) is 16.2. The number of unbranched alkanes of at least 4 members (excludes halogenated alkanes) is 44. The van der Waals surface area contributed by atoms with E-state index in [1.165, 1.54) is 250 Å². The Morgan fingerprint density at radius 2 is 0.434 bits per heavy atom. The van der Waals surface area contributed by atoms with Crippen LogP contribution in [0.1, 0.15) is 380 Å². The zero-order chi connectivity index (χ0) is 59.9. The second kappa shape index (κ2) is 71.3. The Bertz CT molecular complexity index is 1520. The lowest BCUT2D eigenvalue weighted by molar-refractivity contribution is -0.167. The molecule has 0 bridgehead atoms. The molecular formula is C77H138O6. The van der Waals surface area contributed by atoms with Crippen molar-refractivity contribution in [3.8, 4) is 0 Å². The Balaban J connectivity index is 4.24. The van der Waals surface area contributed by atoms with Gasteiger partial charge >= 0.3 is 17.9 Å². The van der Waals surface area contributed by atoms with Gasteiger partial charge in [0.15, 0.2) is 6.10 Å². The molecule has 0 aromatic carbocycles. The number of carbonyl (C=O) groups is 3. The van der Waals surface area contributed by atoms with Crippen molar-refractivity contribution in [1.82, 2.24) is 0 Å². The van der Waals surface area contributed by atoms with Gasteiger partial charge in [-0.3, -0.25) is 14.4 Å². The van der Waals surface area contributed by atoms with E-state index in [1.807, 2.05) is 0 Å². The van der Waals surface area contributed by atoms with Gasteiger partial charge in [-0.25, -0.2) is 0 Å². The van der Waals surface area contributed by atoms with Crippen LogP contribution >= 0.6 is 0 Å². The molecule has 0 fully saturated rings. The average Bonchev–Trinajstić information content (AvgIpc) is 3.49. The number of ether oxygens (including phenoxy) is 3. The van der Waals surface area contributed by atoms with Gasteiger partial charge in [0.1, 0.15) is 13.2 Å². The molecule has 0 aromatic rings. The molecule has 0 aliphatic heterocycles. The number of hydrogen-bond donors (Lipinski definition) is 0. The smallest absolute Gasteiger partial charge is 0.306 e. The summed E-state index contributed by atoms with van der Waals surface area (Å²) in [6.45, 7) is 6.64. The third-order valence-electron chi connectivity index (χ3n) is 16.2. The first kappa shape index (κ1) is 79.8. The Morgan fingerprint density at radius 3 is 0.699 bits per heavy atom. The first-order valence-electron chi connectivity index (χ1n) is 36.4. The molecule has 1 atom stereocenters. The molecule has 0 N–H and O–H groups in total. The number of rotatable bonds is 67. The van der Waals surface area contributed by atoms with E-state index in [1.54, 1.807) is 0 Å². The molecule has 1 unspecified atom stereocenters. The Morgan fingerprint density at radius 1 is 0.241 bits per heavy atom. The highest BCUT2D eigenvalue weighted by Gasteiger charge is 2.19. The van der Waals surface area contributed by atoms with E-state index >= 15 is 0 Å². The summed E-state index contributed by atoms with van der Waals surface area (Å²) in [5.74, 6) is -0.874. The van der Waals surface area contributed by atoms with Crippen LogP contribution in [-0.2, 0) is 28.6 Å². The first-order chi connectivity index (χ1) is 41.0. The van der Waals surface area contributed by atoms with Gasteiger partial charge in [-0.1, -0.05) is 318 Å². The van der Waals surface area contributed by atoms with Gasteiger partial charge in [-0.05, 0) is 116 Å². The largest absolute Gasteiger partial charge is 0.462 e. The molecule has 482 valence electrons. The van der Waals surface area contributed by atoms with Crippen molar-refractivity contribution in [2.24, 2.45) is 0 Å². The fourth-order valence-corrected chi connectivity index (χ4v) is 10.7. The maximum atomic E-state index is 13.0. The van der Waals surface area contributed by atoms with Gasteiger partial charge < -0.3 is 14.2 Å². The van der Waals surface area contributed by atoms with Crippen molar-refractivity contribution >= 4 is 17.9 Å². The fraction of sp³-hybridized carbons (Fsp3) is 0.805. The zero-order valence-corrected chi connectivity index (χ0v) is 55.5. The standard InChI is InChI=1S/C77H138O6/c1-4-7-10-13-16-19-22-25-27-29-31-33-35-36-37-38-39-40-42-43-45-47-49-52-55-58-61-64-67-70-76(79)82-73-74(72-81-75(78)69-66-63-60-57-54-51-24-21-18-15-12-9-6-3)83-77(80)71-68-65-62-59-56-53-50-48-46-44-41-34-32-30-28-26-23-20-17-14-11-8-5-2/h21-26,29-32,41,44,74H,4-20,27-28,33-40,42-43,45-73H2,1-3H3/b24-21-,25-22-,26-23-,31-29-,32-30-,44-41-. The van der Waals surface area contributed by atoms with Crippen molar-refractivity contribution in [2.75, 3.05) is 13.2 Å². The van der Waals surface area contributed by atoms with E-state index in [9.17, 15) is 14.4 Å². The lowest BCUT2D eigenvalue weighted by Gasteiger charge is -2.18. The molecule has 0 spiro atoms. The molecule has 6 nitrogen and oxygen atoms in total. The number of carbonyl (C=O) groups excluding carboxylic acids is 3. The van der Waals surface area contributed by atoms with E-state index in [-0.39, 0.29) is 31.1 Å². The highest BCUT2D eigenvalue weighted by molar-refractivity contribution is 5.71. The summed E-state index contributed by atoms with van der Waals surface area (Å²) in [6.07, 6.45) is 93.6. The summed E-state index contributed by atoms with van der Waals surface area (Å²) in [4.78, 5) is 38.4. The van der Waals surface area contributed by atoms with Crippen LogP contribution in [0.15, 0.2) is 72.9 Å². The fourth-order valence-electron chi connectivity index (χ4n) is 10.7. The maximum Gasteiger partial charge on any atom is 0.306 e. The lowest BCUT2D eigenvalue weighted by Crippen LogP contribution is -2.30. The summed E-state index contributed by atoms with van der Waals surface area (Å²) < 4.78 is 17.0. The molecule has 6 heteroatoms. The second-order valence-electron chi connectivity index (χ2n) is 24.5. The van der Waals surface area contributed by atoms with Crippen LogP contribution in [0.4, 0.5) is 0 Å². The Labute approximate surface area is 516 Å². The Hall–Kier alpha value is -3.15. The van der Waals surface area contributed by atoms with Crippen molar-refractivity contribution in [1.29, 1.82) is 0 Å². The molecule has 0 aliphatic carbocycles. The summed E-state index contributed by atoms with van der Waals surface area (Å²) >= 11 is 0. The quantitative estimate of drug-likeness (QED) is 0.0261. The van der Waals surface area contributed by atoms with Gasteiger partial charge in [0.05, 0.1) is 0 Å². The molecule has 0 saturated carbocycles. The minimum Gasteiger partial charge on any atom is -0.462 e. The van der Waals surface area contributed by atoms with Crippen molar-refractivity contribution in [3.05, 3.63) is 72.9 Å². The molecule has 83 heavy (non-hydrogen) atoms. The molecule has 0 amide bonds. The summed E-state index contributed by atoms with van der Waals surface area (Å²) in [6, 6.07) is 0. The van der Waals surface area contributed by atoms with Gasteiger partial charge in [-0.15, -0.1) is 0 Å². The minimum atomic E-state index is -0.784. The second-order valence-corrected chi connectivity index (χ2v) is 24.5. The highest BCUT2D eigenvalue weighted by atomic mass is 16.6. The van der Waals surface area contributed by atoms with Crippen molar-refractivity contribution in [2.45, 2.75) is 386 Å². The van der Waals surface area contributed by atoms with E-state index in [4.69, 9.17) is 14.2 Å².